The first-order valence-corrected chi connectivity index (χ1v) is 12.8. The van der Waals surface area contributed by atoms with Gasteiger partial charge in [-0.25, -0.2) is 4.98 Å². The van der Waals surface area contributed by atoms with Crippen LogP contribution in [0.3, 0.4) is 0 Å². The lowest BCUT2D eigenvalue weighted by atomic mass is 9.92. The van der Waals surface area contributed by atoms with Crippen LogP contribution in [0.4, 0.5) is 24.5 Å². The predicted octanol–water partition coefficient (Wildman–Crippen LogP) is 6.40. The number of fused-ring (bicyclic) bond motifs is 3. The van der Waals surface area contributed by atoms with Gasteiger partial charge in [-0.15, -0.1) is 0 Å². The average Bonchev–Trinajstić information content (AvgIpc) is 3.37. The highest BCUT2D eigenvalue weighted by Crippen LogP contribution is 2.38. The quantitative estimate of drug-likeness (QED) is 0.281. The van der Waals surface area contributed by atoms with Gasteiger partial charge >= 0.3 is 6.18 Å². The minimum atomic E-state index is -4.53. The number of benzene rings is 2. The van der Waals surface area contributed by atoms with Crippen molar-refractivity contribution >= 4 is 50.7 Å². The number of hydrogen-bond acceptors (Lipinski definition) is 5. The van der Waals surface area contributed by atoms with Crippen LogP contribution in [0.25, 0.3) is 21.8 Å². The lowest BCUT2D eigenvalue weighted by molar-refractivity contribution is -0.182. The summed E-state index contributed by atoms with van der Waals surface area (Å²) < 4.78 is 40.9. The van der Waals surface area contributed by atoms with E-state index in [2.05, 4.69) is 15.3 Å². The van der Waals surface area contributed by atoms with E-state index < -0.39 is 17.9 Å². The highest BCUT2D eigenvalue weighted by molar-refractivity contribution is 8.00. The number of ketones is 1. The molecule has 5 nitrogen and oxygen atoms in total. The molecule has 5 rings (SSSR count). The van der Waals surface area contributed by atoms with Crippen LogP contribution in [0.15, 0.2) is 65.6 Å². The fourth-order valence-corrected chi connectivity index (χ4v) is 6.06. The Bertz CT molecular complexity index is 1460. The number of halogens is 3. The van der Waals surface area contributed by atoms with Gasteiger partial charge < -0.3 is 10.3 Å². The summed E-state index contributed by atoms with van der Waals surface area (Å²) in [6.45, 7) is 0. The Morgan fingerprint density at radius 2 is 1.86 bits per heavy atom. The molecule has 186 valence electrons. The van der Waals surface area contributed by atoms with Gasteiger partial charge in [-0.05, 0) is 54.8 Å². The summed E-state index contributed by atoms with van der Waals surface area (Å²) in [5.74, 6) is -1.85. The zero-order valence-corrected chi connectivity index (χ0v) is 20.1. The van der Waals surface area contributed by atoms with Gasteiger partial charge in [0.15, 0.2) is 0 Å². The first-order valence-electron chi connectivity index (χ1n) is 11.8. The smallest absolute Gasteiger partial charge is 0.355 e. The van der Waals surface area contributed by atoms with Crippen molar-refractivity contribution < 1.29 is 18.0 Å². The minimum Gasteiger partial charge on any atom is -0.355 e. The van der Waals surface area contributed by atoms with Crippen molar-refractivity contribution in [2.75, 3.05) is 11.1 Å². The van der Waals surface area contributed by atoms with E-state index in [-0.39, 0.29) is 23.7 Å². The van der Waals surface area contributed by atoms with E-state index in [1.54, 1.807) is 48.7 Å². The lowest BCUT2D eigenvalue weighted by Crippen LogP contribution is -2.34. The number of rotatable bonds is 7. The second-order valence-electron chi connectivity index (χ2n) is 9.01. The summed E-state index contributed by atoms with van der Waals surface area (Å²) in [6.07, 6.45) is -1.71. The fourth-order valence-electron chi connectivity index (χ4n) is 4.73. The molecule has 2 N–H and O–H groups in total. The minimum absolute atomic E-state index is 0.103. The number of aromatic nitrogens is 2. The van der Waals surface area contributed by atoms with Gasteiger partial charge in [0, 0.05) is 39.7 Å². The number of hydrogen-bond donors (Lipinski definition) is 2. The molecule has 0 spiro atoms. The molecule has 9 heteroatoms. The van der Waals surface area contributed by atoms with E-state index in [1.165, 1.54) is 11.8 Å². The van der Waals surface area contributed by atoms with Gasteiger partial charge in [-0.1, -0.05) is 30.3 Å². The van der Waals surface area contributed by atoms with Crippen molar-refractivity contribution in [3.05, 3.63) is 76.7 Å². The number of aromatic amines is 1. The summed E-state index contributed by atoms with van der Waals surface area (Å²) >= 11 is 1.53. The first kappa shape index (κ1) is 24.4. The summed E-state index contributed by atoms with van der Waals surface area (Å²) in [4.78, 5) is 32.1. The number of thioether (sulfide) groups is 1. The molecule has 0 aliphatic carbocycles. The van der Waals surface area contributed by atoms with Gasteiger partial charge in [0.05, 0.1) is 5.69 Å². The molecule has 0 amide bonds. The maximum Gasteiger partial charge on any atom is 0.398 e. The molecule has 2 aromatic heterocycles. The SMILES string of the molecule is O=C(Cc1ccc(Nc2ccnc3[nH]c(=O)c4ccccc4c23)cc1)C(CC1CCCS1)C(F)(F)F. The molecule has 3 heterocycles. The molecule has 4 aromatic rings. The van der Waals surface area contributed by atoms with Crippen molar-refractivity contribution in [3.8, 4) is 0 Å². The second-order valence-corrected chi connectivity index (χ2v) is 10.4. The molecule has 1 aliphatic heterocycles. The Labute approximate surface area is 209 Å². The summed E-state index contributed by atoms with van der Waals surface area (Å²) in [7, 11) is 0. The molecular weight excluding hydrogens is 487 g/mol. The summed E-state index contributed by atoms with van der Waals surface area (Å²) in [5.41, 5.74) is 2.18. The van der Waals surface area contributed by atoms with Crippen molar-refractivity contribution in [1.29, 1.82) is 0 Å². The van der Waals surface area contributed by atoms with Crippen LogP contribution in [-0.4, -0.2) is 32.9 Å². The number of carbonyl (C=O) groups is 1. The molecule has 2 unspecified atom stereocenters. The molecule has 1 saturated heterocycles. The van der Waals surface area contributed by atoms with Crippen LogP contribution >= 0.6 is 11.8 Å². The fraction of sp³-hybridized carbons (Fsp3) is 0.296. The molecule has 2 atom stereocenters. The standard InChI is InChI=1S/C27H24F3N3O2S/c28-27(29,30)21(15-18-4-3-13-36-18)23(34)14-16-7-9-17(10-8-16)32-22-11-12-31-25-24(22)19-5-1-2-6-20(19)26(35)33-25/h1-2,5-12,18,21H,3-4,13-15H2,(H2,31,32,33,35). The van der Waals surface area contributed by atoms with Crippen molar-refractivity contribution in [2.45, 2.75) is 37.1 Å². The van der Waals surface area contributed by atoms with Crippen LogP contribution in [0, 0.1) is 5.92 Å². The monoisotopic (exact) mass is 511 g/mol. The van der Waals surface area contributed by atoms with Gasteiger partial charge in [-0.3, -0.25) is 9.59 Å². The number of anilines is 2. The number of H-pyrrole nitrogens is 1. The molecule has 36 heavy (non-hydrogen) atoms. The third kappa shape index (κ3) is 5.11. The molecular formula is C27H24F3N3O2S. The van der Waals surface area contributed by atoms with Crippen molar-refractivity contribution in [3.63, 3.8) is 0 Å². The predicted molar refractivity (Wildman–Crippen MR) is 138 cm³/mol. The molecule has 0 bridgehead atoms. The highest BCUT2D eigenvalue weighted by Gasteiger charge is 2.45. The van der Waals surface area contributed by atoms with Gasteiger partial charge in [-0.2, -0.15) is 24.9 Å². The topological polar surface area (TPSA) is 74.8 Å². The zero-order chi connectivity index (χ0) is 25.3. The van der Waals surface area contributed by atoms with E-state index in [1.807, 2.05) is 12.1 Å². The number of pyridine rings is 2. The maximum absolute atomic E-state index is 13.6. The van der Waals surface area contributed by atoms with Crippen LogP contribution in [-0.2, 0) is 11.2 Å². The second kappa shape index (κ2) is 9.97. The Morgan fingerprint density at radius 1 is 1.11 bits per heavy atom. The van der Waals surface area contributed by atoms with E-state index in [0.717, 1.165) is 35.1 Å². The number of Topliss-reactive ketones (excluding diaryl/α,β-unsaturated/α-hetero) is 1. The Kier molecular flexibility index (Phi) is 6.75. The number of nitrogens with zero attached hydrogens (tertiary/aromatic N) is 1. The molecule has 2 aromatic carbocycles. The largest absolute Gasteiger partial charge is 0.398 e. The van der Waals surface area contributed by atoms with Crippen molar-refractivity contribution in [1.82, 2.24) is 9.97 Å². The maximum atomic E-state index is 13.6. The Morgan fingerprint density at radius 3 is 2.56 bits per heavy atom. The van der Waals surface area contributed by atoms with E-state index in [4.69, 9.17) is 0 Å². The summed E-state index contributed by atoms with van der Waals surface area (Å²) in [5, 5.41) is 5.26. The zero-order valence-electron chi connectivity index (χ0n) is 19.3. The van der Waals surface area contributed by atoms with Crippen LogP contribution in [0.2, 0.25) is 0 Å². The van der Waals surface area contributed by atoms with Crippen LogP contribution < -0.4 is 10.9 Å². The molecule has 1 aliphatic rings. The Balaban J connectivity index is 1.35. The van der Waals surface area contributed by atoms with Gasteiger partial charge in [0.25, 0.3) is 5.56 Å². The highest BCUT2D eigenvalue weighted by atomic mass is 32.2. The molecule has 0 radical (unpaired) electrons. The molecule has 1 fully saturated rings. The normalized spacial score (nSPS) is 16.9. The van der Waals surface area contributed by atoms with Crippen LogP contribution in [0.1, 0.15) is 24.8 Å². The Hall–Kier alpha value is -3.33. The molecule has 0 saturated carbocycles. The summed E-state index contributed by atoms with van der Waals surface area (Å²) in [6, 6.07) is 15.8. The van der Waals surface area contributed by atoms with Crippen molar-refractivity contribution in [2.24, 2.45) is 5.92 Å². The number of carbonyl (C=O) groups excluding carboxylic acids is 1. The van der Waals surface area contributed by atoms with Gasteiger partial charge in [0.1, 0.15) is 17.3 Å². The van der Waals surface area contributed by atoms with E-state index in [9.17, 15) is 22.8 Å². The van der Waals surface area contributed by atoms with E-state index >= 15 is 0 Å². The van der Waals surface area contributed by atoms with E-state index in [0.29, 0.717) is 22.3 Å². The lowest BCUT2D eigenvalue weighted by Gasteiger charge is -2.22. The first-order chi connectivity index (χ1) is 17.3. The third-order valence-electron chi connectivity index (χ3n) is 6.54. The third-order valence-corrected chi connectivity index (χ3v) is 7.97. The van der Waals surface area contributed by atoms with Crippen LogP contribution in [0.5, 0.6) is 0 Å². The van der Waals surface area contributed by atoms with Gasteiger partial charge in [0.2, 0.25) is 0 Å². The number of alkyl halides is 3. The number of nitrogens with one attached hydrogen (secondary N) is 2. The average molecular weight is 512 g/mol.